The average Bonchev–Trinajstić information content (AvgIpc) is 3.31. The summed E-state index contributed by atoms with van der Waals surface area (Å²) in [6.45, 7) is 5.89. The number of nitrogens with zero attached hydrogens (tertiary/aromatic N) is 1. The van der Waals surface area contributed by atoms with Crippen molar-refractivity contribution in [2.75, 3.05) is 26.2 Å². The fourth-order valence-electron chi connectivity index (χ4n) is 3.24. The number of aliphatic hydroxyl groups is 1. The summed E-state index contributed by atoms with van der Waals surface area (Å²) in [6, 6.07) is 6.60. The van der Waals surface area contributed by atoms with Gasteiger partial charge in [-0.15, -0.1) is 0 Å². The lowest BCUT2D eigenvalue weighted by Gasteiger charge is -2.34. The SMILES string of the molecule is CC(O)(CNC1CCN(CC2CC2)CC1)c1ccc(F)cc1. The van der Waals surface area contributed by atoms with E-state index in [1.54, 1.807) is 19.1 Å². The highest BCUT2D eigenvalue weighted by atomic mass is 19.1. The van der Waals surface area contributed by atoms with Crippen LogP contribution in [0.1, 0.15) is 38.2 Å². The van der Waals surface area contributed by atoms with Crippen molar-refractivity contribution in [2.45, 2.75) is 44.2 Å². The van der Waals surface area contributed by atoms with Crippen molar-refractivity contribution < 1.29 is 9.50 Å². The number of rotatable bonds is 6. The predicted molar refractivity (Wildman–Crippen MR) is 86.2 cm³/mol. The maximum atomic E-state index is 13.0. The fraction of sp³-hybridized carbons (Fsp3) is 0.667. The van der Waals surface area contributed by atoms with Gasteiger partial charge in [0.25, 0.3) is 0 Å². The van der Waals surface area contributed by atoms with E-state index in [0.717, 1.165) is 37.4 Å². The molecule has 0 spiro atoms. The molecule has 1 saturated heterocycles. The van der Waals surface area contributed by atoms with Crippen LogP contribution in [0.4, 0.5) is 4.39 Å². The maximum Gasteiger partial charge on any atom is 0.123 e. The molecule has 1 heterocycles. The molecule has 2 fully saturated rings. The Bertz CT molecular complexity index is 476. The van der Waals surface area contributed by atoms with Gasteiger partial charge in [-0.05, 0) is 69.3 Å². The van der Waals surface area contributed by atoms with E-state index in [9.17, 15) is 9.50 Å². The highest BCUT2D eigenvalue weighted by Gasteiger charge is 2.28. The highest BCUT2D eigenvalue weighted by Crippen LogP contribution is 2.30. The third-order valence-corrected chi connectivity index (χ3v) is 5.00. The van der Waals surface area contributed by atoms with E-state index < -0.39 is 5.60 Å². The zero-order valence-corrected chi connectivity index (χ0v) is 13.4. The summed E-state index contributed by atoms with van der Waals surface area (Å²) in [6.07, 6.45) is 5.12. The standard InChI is InChI=1S/C18H27FN2O/c1-18(22,15-4-6-16(19)7-5-15)13-20-17-8-10-21(11-9-17)12-14-2-3-14/h4-7,14,17,20,22H,2-3,8-13H2,1H3. The van der Waals surface area contributed by atoms with E-state index in [1.807, 2.05) is 0 Å². The van der Waals surface area contributed by atoms with Crippen molar-refractivity contribution in [3.63, 3.8) is 0 Å². The Balaban J connectivity index is 1.44. The van der Waals surface area contributed by atoms with Crippen molar-refractivity contribution >= 4 is 0 Å². The average molecular weight is 306 g/mol. The predicted octanol–water partition coefficient (Wildman–Crippen LogP) is 2.50. The van der Waals surface area contributed by atoms with Gasteiger partial charge in [0.1, 0.15) is 5.82 Å². The minimum Gasteiger partial charge on any atom is -0.384 e. The van der Waals surface area contributed by atoms with Gasteiger partial charge in [-0.2, -0.15) is 0 Å². The molecule has 0 amide bonds. The van der Waals surface area contributed by atoms with E-state index in [2.05, 4.69) is 10.2 Å². The molecule has 0 bridgehead atoms. The van der Waals surface area contributed by atoms with Crippen LogP contribution in [0.2, 0.25) is 0 Å². The summed E-state index contributed by atoms with van der Waals surface area (Å²) in [5.74, 6) is 0.694. The second kappa shape index (κ2) is 6.65. The second-order valence-corrected chi connectivity index (χ2v) is 7.18. The largest absolute Gasteiger partial charge is 0.384 e. The van der Waals surface area contributed by atoms with Crippen molar-refractivity contribution in [2.24, 2.45) is 5.92 Å². The highest BCUT2D eigenvalue weighted by molar-refractivity contribution is 5.22. The molecule has 4 heteroatoms. The zero-order valence-electron chi connectivity index (χ0n) is 13.4. The lowest BCUT2D eigenvalue weighted by Crippen LogP contribution is -2.47. The first-order valence-electron chi connectivity index (χ1n) is 8.47. The third kappa shape index (κ3) is 4.28. The number of piperidine rings is 1. The first-order valence-corrected chi connectivity index (χ1v) is 8.47. The van der Waals surface area contributed by atoms with E-state index >= 15 is 0 Å². The molecule has 2 N–H and O–H groups in total. The molecule has 122 valence electrons. The first-order chi connectivity index (χ1) is 10.5. The number of halogens is 1. The summed E-state index contributed by atoms with van der Waals surface area (Å²) in [4.78, 5) is 2.58. The van der Waals surface area contributed by atoms with E-state index in [1.165, 1.54) is 31.5 Å². The number of nitrogens with one attached hydrogen (secondary N) is 1. The van der Waals surface area contributed by atoms with Gasteiger partial charge in [0, 0.05) is 19.1 Å². The van der Waals surface area contributed by atoms with Crippen molar-refractivity contribution in [1.82, 2.24) is 10.2 Å². The Kier molecular flexibility index (Phi) is 4.81. The molecule has 1 saturated carbocycles. The van der Waals surface area contributed by atoms with Gasteiger partial charge in [-0.25, -0.2) is 4.39 Å². The molecule has 1 unspecified atom stereocenters. The van der Waals surface area contributed by atoms with Crippen LogP contribution < -0.4 is 5.32 Å². The summed E-state index contributed by atoms with van der Waals surface area (Å²) < 4.78 is 13.0. The molecule has 3 nitrogen and oxygen atoms in total. The lowest BCUT2D eigenvalue weighted by molar-refractivity contribution is 0.0499. The summed E-state index contributed by atoms with van der Waals surface area (Å²) in [5, 5.41) is 14.1. The van der Waals surface area contributed by atoms with Crippen LogP contribution in [-0.2, 0) is 5.60 Å². The van der Waals surface area contributed by atoms with E-state index in [-0.39, 0.29) is 5.82 Å². The van der Waals surface area contributed by atoms with Crippen molar-refractivity contribution in [1.29, 1.82) is 0 Å². The van der Waals surface area contributed by atoms with Gasteiger partial charge in [0.2, 0.25) is 0 Å². The maximum absolute atomic E-state index is 13.0. The Morgan fingerprint density at radius 3 is 2.41 bits per heavy atom. The van der Waals surface area contributed by atoms with Crippen LogP contribution in [0.15, 0.2) is 24.3 Å². The molecule has 22 heavy (non-hydrogen) atoms. The number of benzene rings is 1. The van der Waals surface area contributed by atoms with E-state index in [4.69, 9.17) is 0 Å². The van der Waals surface area contributed by atoms with Gasteiger partial charge in [-0.1, -0.05) is 12.1 Å². The quantitative estimate of drug-likeness (QED) is 0.847. The minimum atomic E-state index is -0.959. The molecule has 1 aliphatic heterocycles. The normalized spacial score (nSPS) is 23.4. The van der Waals surface area contributed by atoms with Crippen LogP contribution in [0, 0.1) is 11.7 Å². The fourth-order valence-corrected chi connectivity index (χ4v) is 3.24. The molecule has 1 atom stereocenters. The Morgan fingerprint density at radius 2 is 1.82 bits per heavy atom. The molecule has 1 aliphatic carbocycles. The van der Waals surface area contributed by atoms with Gasteiger partial charge in [0.05, 0.1) is 5.60 Å². The smallest absolute Gasteiger partial charge is 0.123 e. The Hall–Kier alpha value is -0.970. The van der Waals surface area contributed by atoms with Crippen LogP contribution in [0.25, 0.3) is 0 Å². The van der Waals surface area contributed by atoms with Gasteiger partial charge < -0.3 is 15.3 Å². The number of likely N-dealkylation sites (tertiary alicyclic amines) is 1. The molecule has 0 aromatic heterocycles. The minimum absolute atomic E-state index is 0.268. The monoisotopic (exact) mass is 306 g/mol. The molecule has 2 aliphatic rings. The van der Waals surface area contributed by atoms with Crippen LogP contribution in [0.5, 0.6) is 0 Å². The summed E-state index contributed by atoms with van der Waals surface area (Å²) in [7, 11) is 0. The van der Waals surface area contributed by atoms with Gasteiger partial charge in [-0.3, -0.25) is 0 Å². The number of hydrogen-bond acceptors (Lipinski definition) is 3. The second-order valence-electron chi connectivity index (χ2n) is 7.18. The molecular weight excluding hydrogens is 279 g/mol. The topological polar surface area (TPSA) is 35.5 Å². The molecule has 1 aromatic carbocycles. The van der Waals surface area contributed by atoms with Crippen molar-refractivity contribution in [3.8, 4) is 0 Å². The Morgan fingerprint density at radius 1 is 1.18 bits per heavy atom. The molecular formula is C18H27FN2O. The lowest BCUT2D eigenvalue weighted by atomic mass is 9.95. The van der Waals surface area contributed by atoms with Crippen LogP contribution >= 0.6 is 0 Å². The molecule has 3 rings (SSSR count). The van der Waals surface area contributed by atoms with E-state index in [0.29, 0.717) is 12.6 Å². The zero-order chi connectivity index (χ0) is 15.6. The van der Waals surface area contributed by atoms with Crippen LogP contribution in [-0.4, -0.2) is 42.2 Å². The first kappa shape index (κ1) is 15.9. The summed E-state index contributed by atoms with van der Waals surface area (Å²) in [5.41, 5.74) is -0.202. The third-order valence-electron chi connectivity index (χ3n) is 5.00. The van der Waals surface area contributed by atoms with Gasteiger partial charge >= 0.3 is 0 Å². The molecule has 0 radical (unpaired) electrons. The van der Waals surface area contributed by atoms with Crippen LogP contribution in [0.3, 0.4) is 0 Å². The Labute approximate surface area is 132 Å². The van der Waals surface area contributed by atoms with Crippen molar-refractivity contribution in [3.05, 3.63) is 35.6 Å². The van der Waals surface area contributed by atoms with Gasteiger partial charge in [0.15, 0.2) is 0 Å². The number of hydrogen-bond donors (Lipinski definition) is 2. The molecule has 1 aromatic rings. The summed E-state index contributed by atoms with van der Waals surface area (Å²) >= 11 is 0.